The molecule has 1 N–H and O–H groups in total. The Hall–Kier alpha value is -2.40. The van der Waals surface area contributed by atoms with Gasteiger partial charge >= 0.3 is 0 Å². The van der Waals surface area contributed by atoms with Crippen LogP contribution in [0.15, 0.2) is 48.5 Å². The molecule has 2 aromatic carbocycles. The predicted octanol–water partition coefficient (Wildman–Crippen LogP) is 3.74. The second kappa shape index (κ2) is 6.37. The lowest BCUT2D eigenvalue weighted by Crippen LogP contribution is -2.26. The first-order valence-corrected chi connectivity index (χ1v) is 6.66. The Morgan fingerprint density at radius 3 is 2.52 bits per heavy atom. The van der Waals surface area contributed by atoms with Crippen LogP contribution in [0, 0.1) is 10.1 Å². The third-order valence-corrected chi connectivity index (χ3v) is 3.29. The van der Waals surface area contributed by atoms with Gasteiger partial charge in [-0.25, -0.2) is 0 Å². The van der Waals surface area contributed by atoms with Crippen molar-refractivity contribution in [3.63, 3.8) is 0 Å². The minimum absolute atomic E-state index is 0.109. The zero-order valence-electron chi connectivity index (χ0n) is 11.2. The van der Waals surface area contributed by atoms with E-state index in [0.717, 1.165) is 5.56 Å². The van der Waals surface area contributed by atoms with Gasteiger partial charge in [-0.05, 0) is 30.7 Å². The van der Waals surface area contributed by atoms with Gasteiger partial charge in [0.15, 0.2) is 0 Å². The molecule has 108 valence electrons. The second-order valence-corrected chi connectivity index (χ2v) is 4.99. The Balaban J connectivity index is 2.12. The highest BCUT2D eigenvalue weighted by atomic mass is 35.5. The molecular formula is C15H13ClN2O3. The lowest BCUT2D eigenvalue weighted by atomic mass is 10.1. The van der Waals surface area contributed by atoms with E-state index in [-0.39, 0.29) is 23.2 Å². The summed E-state index contributed by atoms with van der Waals surface area (Å²) in [5.41, 5.74) is 1.05. The molecule has 0 aliphatic heterocycles. The van der Waals surface area contributed by atoms with Gasteiger partial charge in [0, 0.05) is 22.7 Å². The predicted molar refractivity (Wildman–Crippen MR) is 80.4 cm³/mol. The number of nitro benzene ring substituents is 1. The third-order valence-electron chi connectivity index (χ3n) is 3.04. The zero-order valence-corrected chi connectivity index (χ0v) is 12.0. The number of halogens is 1. The summed E-state index contributed by atoms with van der Waals surface area (Å²) in [5, 5.41) is 14.1. The molecular weight excluding hydrogens is 292 g/mol. The minimum Gasteiger partial charge on any atom is -0.346 e. The topological polar surface area (TPSA) is 72.2 Å². The molecule has 0 aliphatic rings. The highest BCUT2D eigenvalue weighted by Gasteiger charge is 2.14. The molecule has 1 amide bonds. The summed E-state index contributed by atoms with van der Waals surface area (Å²) in [7, 11) is 0. The average Bonchev–Trinajstić information content (AvgIpc) is 2.48. The number of carbonyl (C=O) groups excluding carboxylic acids is 1. The van der Waals surface area contributed by atoms with E-state index in [0.29, 0.717) is 5.02 Å². The van der Waals surface area contributed by atoms with E-state index in [4.69, 9.17) is 11.6 Å². The number of nitrogens with one attached hydrogen (secondary N) is 1. The number of hydrogen-bond acceptors (Lipinski definition) is 3. The van der Waals surface area contributed by atoms with Gasteiger partial charge in [0.2, 0.25) is 0 Å². The quantitative estimate of drug-likeness (QED) is 0.691. The van der Waals surface area contributed by atoms with Crippen LogP contribution in [0.25, 0.3) is 0 Å². The summed E-state index contributed by atoms with van der Waals surface area (Å²) in [5.74, 6) is -0.360. The SMILES string of the molecule is CC(NC(=O)c1cccc([N+](=O)[O-])c1)c1ccc(Cl)cc1. The Morgan fingerprint density at radius 2 is 1.90 bits per heavy atom. The smallest absolute Gasteiger partial charge is 0.270 e. The van der Waals surface area contributed by atoms with Crippen LogP contribution in [0.1, 0.15) is 28.9 Å². The Kier molecular flexibility index (Phi) is 4.55. The lowest BCUT2D eigenvalue weighted by Gasteiger charge is -2.14. The summed E-state index contributed by atoms with van der Waals surface area (Å²) in [6, 6.07) is 12.5. The largest absolute Gasteiger partial charge is 0.346 e. The van der Waals surface area contributed by atoms with E-state index in [1.54, 1.807) is 12.1 Å². The maximum atomic E-state index is 12.1. The van der Waals surface area contributed by atoms with E-state index < -0.39 is 4.92 Å². The van der Waals surface area contributed by atoms with E-state index in [1.807, 2.05) is 19.1 Å². The summed E-state index contributed by atoms with van der Waals surface area (Å²) in [6.45, 7) is 1.83. The monoisotopic (exact) mass is 304 g/mol. The van der Waals surface area contributed by atoms with Crippen LogP contribution in [0.4, 0.5) is 5.69 Å². The van der Waals surface area contributed by atoms with E-state index in [1.165, 1.54) is 24.3 Å². The first kappa shape index (κ1) is 15.0. The fraction of sp³-hybridized carbons (Fsp3) is 0.133. The Bertz CT molecular complexity index is 671. The van der Waals surface area contributed by atoms with Crippen molar-refractivity contribution < 1.29 is 9.72 Å². The van der Waals surface area contributed by atoms with E-state index in [2.05, 4.69) is 5.32 Å². The van der Waals surface area contributed by atoms with Gasteiger partial charge in [-0.2, -0.15) is 0 Å². The Labute approximate surface area is 126 Å². The number of rotatable bonds is 4. The van der Waals surface area contributed by atoms with Gasteiger partial charge in [0.25, 0.3) is 11.6 Å². The fourth-order valence-electron chi connectivity index (χ4n) is 1.88. The molecule has 0 heterocycles. The molecule has 0 aromatic heterocycles. The van der Waals surface area contributed by atoms with Gasteiger partial charge in [0.05, 0.1) is 11.0 Å². The first-order chi connectivity index (χ1) is 9.97. The number of non-ortho nitro benzene ring substituents is 1. The van der Waals surface area contributed by atoms with Crippen LogP contribution in [-0.4, -0.2) is 10.8 Å². The summed E-state index contributed by atoms with van der Waals surface area (Å²) < 4.78 is 0. The summed E-state index contributed by atoms with van der Waals surface area (Å²) in [4.78, 5) is 22.3. The highest BCUT2D eigenvalue weighted by molar-refractivity contribution is 6.30. The Morgan fingerprint density at radius 1 is 1.24 bits per heavy atom. The molecule has 0 saturated heterocycles. The van der Waals surface area contributed by atoms with Crippen molar-refractivity contribution in [1.82, 2.24) is 5.32 Å². The number of hydrogen-bond donors (Lipinski definition) is 1. The maximum Gasteiger partial charge on any atom is 0.270 e. The van der Waals surface area contributed by atoms with Crippen molar-refractivity contribution in [2.24, 2.45) is 0 Å². The lowest BCUT2D eigenvalue weighted by molar-refractivity contribution is -0.384. The van der Waals surface area contributed by atoms with Crippen molar-refractivity contribution in [2.75, 3.05) is 0 Å². The summed E-state index contributed by atoms with van der Waals surface area (Å²) in [6.07, 6.45) is 0. The van der Waals surface area contributed by atoms with Crippen LogP contribution < -0.4 is 5.32 Å². The van der Waals surface area contributed by atoms with Gasteiger partial charge in [0.1, 0.15) is 0 Å². The first-order valence-electron chi connectivity index (χ1n) is 6.28. The van der Waals surface area contributed by atoms with Crippen LogP contribution in [-0.2, 0) is 0 Å². The van der Waals surface area contributed by atoms with Crippen molar-refractivity contribution in [2.45, 2.75) is 13.0 Å². The van der Waals surface area contributed by atoms with Crippen LogP contribution in [0.2, 0.25) is 5.02 Å². The number of benzene rings is 2. The minimum atomic E-state index is -0.528. The van der Waals surface area contributed by atoms with Crippen LogP contribution >= 0.6 is 11.6 Å². The average molecular weight is 305 g/mol. The van der Waals surface area contributed by atoms with Crippen molar-refractivity contribution in [1.29, 1.82) is 0 Å². The maximum absolute atomic E-state index is 12.1. The number of nitrogens with zero attached hydrogens (tertiary/aromatic N) is 1. The standard InChI is InChI=1S/C15H13ClN2O3/c1-10(11-5-7-13(16)8-6-11)17-15(19)12-3-2-4-14(9-12)18(20)21/h2-10H,1H3,(H,17,19). The highest BCUT2D eigenvalue weighted by Crippen LogP contribution is 2.18. The van der Waals surface area contributed by atoms with Gasteiger partial charge in [-0.3, -0.25) is 14.9 Å². The fourth-order valence-corrected chi connectivity index (χ4v) is 2.00. The van der Waals surface area contributed by atoms with Crippen molar-refractivity contribution in [3.8, 4) is 0 Å². The molecule has 0 bridgehead atoms. The van der Waals surface area contributed by atoms with Gasteiger partial charge in [-0.15, -0.1) is 0 Å². The molecule has 1 atom stereocenters. The number of nitro groups is 1. The third kappa shape index (κ3) is 3.79. The van der Waals surface area contributed by atoms with Crippen LogP contribution in [0.3, 0.4) is 0 Å². The number of carbonyl (C=O) groups is 1. The molecule has 2 rings (SSSR count). The molecule has 21 heavy (non-hydrogen) atoms. The molecule has 0 aliphatic carbocycles. The van der Waals surface area contributed by atoms with Gasteiger partial charge in [-0.1, -0.05) is 29.8 Å². The molecule has 5 nitrogen and oxygen atoms in total. The molecule has 2 aromatic rings. The summed E-state index contributed by atoms with van der Waals surface area (Å²) >= 11 is 5.81. The molecule has 1 unspecified atom stereocenters. The van der Waals surface area contributed by atoms with E-state index in [9.17, 15) is 14.9 Å². The normalized spacial score (nSPS) is 11.7. The van der Waals surface area contributed by atoms with Crippen LogP contribution in [0.5, 0.6) is 0 Å². The van der Waals surface area contributed by atoms with E-state index >= 15 is 0 Å². The number of amides is 1. The van der Waals surface area contributed by atoms with Crippen molar-refractivity contribution in [3.05, 3.63) is 74.8 Å². The molecule has 0 spiro atoms. The van der Waals surface area contributed by atoms with Crippen molar-refractivity contribution >= 4 is 23.2 Å². The molecule has 6 heteroatoms. The van der Waals surface area contributed by atoms with Gasteiger partial charge < -0.3 is 5.32 Å². The second-order valence-electron chi connectivity index (χ2n) is 4.55. The molecule has 0 fully saturated rings. The molecule has 0 saturated carbocycles. The molecule has 0 radical (unpaired) electrons. The zero-order chi connectivity index (χ0) is 15.4.